The highest BCUT2D eigenvalue weighted by Crippen LogP contribution is 2.36. The molecule has 1 nitrogen and oxygen atoms in total. The quantitative estimate of drug-likeness (QED) is 0.328. The van der Waals surface area contributed by atoms with Crippen LogP contribution in [0, 0.1) is 23.3 Å². The van der Waals surface area contributed by atoms with Crippen LogP contribution in [-0.4, -0.2) is 0 Å². The Kier molecular flexibility index (Phi) is 4.91. The highest BCUT2D eigenvalue weighted by atomic mass is 19.4. The van der Waals surface area contributed by atoms with E-state index in [4.69, 9.17) is 0 Å². The summed E-state index contributed by atoms with van der Waals surface area (Å²) < 4.78 is 95.3. The number of pyridine rings is 1. The van der Waals surface area contributed by atoms with Gasteiger partial charge in [0.2, 0.25) is 5.69 Å². The second kappa shape index (κ2) is 7.02. The molecule has 0 amide bonds. The van der Waals surface area contributed by atoms with E-state index in [1.165, 1.54) is 16.8 Å². The minimum atomic E-state index is -5.57. The molecule has 1 aromatic heterocycles. The zero-order chi connectivity index (χ0) is 19.8. The molecule has 140 valence electrons. The zero-order valence-corrected chi connectivity index (χ0v) is 13.5. The van der Waals surface area contributed by atoms with Crippen LogP contribution in [0.25, 0.3) is 11.3 Å². The number of benzene rings is 2. The fourth-order valence-electron chi connectivity index (χ4n) is 2.72. The first-order valence-corrected chi connectivity index (χ1v) is 7.67. The Hall–Kier alpha value is -2.90. The lowest BCUT2D eigenvalue weighted by Gasteiger charge is -2.13. The van der Waals surface area contributed by atoms with Crippen molar-refractivity contribution in [3.8, 4) is 11.3 Å². The van der Waals surface area contributed by atoms with Crippen molar-refractivity contribution in [1.29, 1.82) is 0 Å². The SMILES string of the molecule is Fc1c(F)c(C(F)(F)F)c(F)c(F)c1C[n+]1ccccc1-c1ccccc1. The molecular weight excluding hydrogens is 375 g/mol. The van der Waals surface area contributed by atoms with Crippen molar-refractivity contribution >= 4 is 0 Å². The van der Waals surface area contributed by atoms with E-state index >= 15 is 0 Å². The van der Waals surface area contributed by atoms with Gasteiger partial charge in [-0.05, 0) is 18.2 Å². The maximum Gasteiger partial charge on any atom is 0.422 e. The highest BCUT2D eigenvalue weighted by Gasteiger charge is 2.42. The first-order chi connectivity index (χ1) is 12.7. The molecule has 27 heavy (non-hydrogen) atoms. The van der Waals surface area contributed by atoms with E-state index in [2.05, 4.69) is 0 Å². The molecule has 0 atom stereocenters. The number of hydrogen-bond donors (Lipinski definition) is 0. The molecule has 3 rings (SSSR count). The Morgan fingerprint density at radius 2 is 1.26 bits per heavy atom. The van der Waals surface area contributed by atoms with Gasteiger partial charge in [-0.15, -0.1) is 0 Å². The summed E-state index contributed by atoms with van der Waals surface area (Å²) >= 11 is 0. The maximum atomic E-state index is 14.2. The second-order valence-electron chi connectivity index (χ2n) is 5.69. The minimum absolute atomic E-state index is 0.456. The molecule has 3 aromatic rings. The van der Waals surface area contributed by atoms with Gasteiger partial charge in [-0.2, -0.15) is 17.7 Å². The average molecular weight is 386 g/mol. The van der Waals surface area contributed by atoms with Gasteiger partial charge in [-0.25, -0.2) is 17.6 Å². The average Bonchev–Trinajstić information content (AvgIpc) is 2.64. The lowest BCUT2D eigenvalue weighted by molar-refractivity contribution is -0.678. The molecule has 0 fully saturated rings. The van der Waals surface area contributed by atoms with Crippen LogP contribution in [0.5, 0.6) is 0 Å². The van der Waals surface area contributed by atoms with Crippen LogP contribution < -0.4 is 4.57 Å². The minimum Gasteiger partial charge on any atom is -0.203 e. The number of nitrogens with zero attached hydrogens (tertiary/aromatic N) is 1. The predicted octanol–water partition coefficient (Wildman–Crippen LogP) is 5.26. The lowest BCUT2D eigenvalue weighted by atomic mass is 10.1. The number of aromatic nitrogens is 1. The first-order valence-electron chi connectivity index (χ1n) is 7.67. The third kappa shape index (κ3) is 3.51. The van der Waals surface area contributed by atoms with Crippen molar-refractivity contribution in [3.05, 3.63) is 89.1 Å². The van der Waals surface area contributed by atoms with Gasteiger partial charge < -0.3 is 0 Å². The van der Waals surface area contributed by atoms with E-state index in [1.807, 2.05) is 0 Å². The van der Waals surface area contributed by atoms with Crippen LogP contribution in [0.1, 0.15) is 11.1 Å². The molecule has 0 aliphatic carbocycles. The van der Waals surface area contributed by atoms with Crippen LogP contribution in [-0.2, 0) is 12.7 Å². The zero-order valence-electron chi connectivity index (χ0n) is 13.5. The molecule has 0 N–H and O–H groups in total. The van der Waals surface area contributed by atoms with E-state index < -0.39 is 47.1 Å². The number of halogens is 7. The third-order valence-electron chi connectivity index (χ3n) is 3.98. The van der Waals surface area contributed by atoms with Crippen LogP contribution in [0.3, 0.4) is 0 Å². The van der Waals surface area contributed by atoms with Gasteiger partial charge in [-0.1, -0.05) is 18.2 Å². The van der Waals surface area contributed by atoms with Gasteiger partial charge in [-0.3, -0.25) is 0 Å². The topological polar surface area (TPSA) is 3.88 Å². The molecule has 0 saturated heterocycles. The van der Waals surface area contributed by atoms with E-state index in [9.17, 15) is 30.7 Å². The van der Waals surface area contributed by atoms with E-state index in [-0.39, 0.29) is 0 Å². The fraction of sp³-hybridized carbons (Fsp3) is 0.105. The van der Waals surface area contributed by atoms with Gasteiger partial charge in [0.05, 0.1) is 5.56 Å². The molecule has 8 heteroatoms. The molecule has 0 bridgehead atoms. The summed E-state index contributed by atoms with van der Waals surface area (Å²) in [5.41, 5.74) is -2.61. The van der Waals surface area contributed by atoms with Gasteiger partial charge in [0.1, 0.15) is 5.56 Å². The molecule has 0 aliphatic heterocycles. The lowest BCUT2D eigenvalue weighted by Crippen LogP contribution is -2.37. The fourth-order valence-corrected chi connectivity index (χ4v) is 2.72. The number of rotatable bonds is 3. The summed E-state index contributed by atoms with van der Waals surface area (Å²) in [5.74, 6) is -9.07. The van der Waals surface area contributed by atoms with Crippen molar-refractivity contribution in [1.82, 2.24) is 0 Å². The van der Waals surface area contributed by atoms with Crippen molar-refractivity contribution < 1.29 is 35.3 Å². The summed E-state index contributed by atoms with van der Waals surface area (Å²) in [4.78, 5) is 0. The molecule has 0 saturated carbocycles. The molecule has 0 spiro atoms. The van der Waals surface area contributed by atoms with E-state index in [0.717, 1.165) is 0 Å². The molecule has 1 heterocycles. The highest BCUT2D eigenvalue weighted by molar-refractivity contribution is 5.55. The van der Waals surface area contributed by atoms with Crippen LogP contribution in [0.2, 0.25) is 0 Å². The van der Waals surface area contributed by atoms with Gasteiger partial charge >= 0.3 is 6.18 Å². The molecular formula is C19H11F7N+. The van der Waals surface area contributed by atoms with Crippen LogP contribution in [0.15, 0.2) is 54.7 Å². The van der Waals surface area contributed by atoms with Crippen molar-refractivity contribution in [2.75, 3.05) is 0 Å². The molecule has 0 unspecified atom stereocenters. The number of hydrogen-bond acceptors (Lipinski definition) is 0. The molecule has 0 radical (unpaired) electrons. The van der Waals surface area contributed by atoms with Gasteiger partial charge in [0.15, 0.2) is 36.0 Å². The Bertz CT molecular complexity index is 952. The summed E-state index contributed by atoms with van der Waals surface area (Å²) in [6, 6.07) is 13.3. The van der Waals surface area contributed by atoms with Crippen LogP contribution >= 0.6 is 0 Å². The van der Waals surface area contributed by atoms with Gasteiger partial charge in [0, 0.05) is 17.7 Å². The third-order valence-corrected chi connectivity index (χ3v) is 3.98. The first kappa shape index (κ1) is 18.9. The van der Waals surface area contributed by atoms with Gasteiger partial charge in [0.25, 0.3) is 0 Å². The monoisotopic (exact) mass is 386 g/mol. The Morgan fingerprint density at radius 1 is 0.704 bits per heavy atom. The summed E-state index contributed by atoms with van der Waals surface area (Å²) in [6.45, 7) is -0.700. The molecule has 2 aromatic carbocycles. The van der Waals surface area contributed by atoms with Crippen molar-refractivity contribution in [2.24, 2.45) is 0 Å². The number of alkyl halides is 3. The molecule has 0 aliphatic rings. The largest absolute Gasteiger partial charge is 0.422 e. The summed E-state index contributed by atoms with van der Waals surface area (Å²) in [5, 5.41) is 0. The predicted molar refractivity (Wildman–Crippen MR) is 82.5 cm³/mol. The Morgan fingerprint density at radius 3 is 1.81 bits per heavy atom. The van der Waals surface area contributed by atoms with E-state index in [0.29, 0.717) is 11.3 Å². The standard InChI is InChI=1S/C19H11F7N/c20-15-12(16(21)18(23)14(17(15)22)19(24,25)26)10-27-9-5-4-8-13(27)11-6-2-1-3-7-11/h1-9H,10H2/q+1. The van der Waals surface area contributed by atoms with Crippen molar-refractivity contribution in [2.45, 2.75) is 12.7 Å². The van der Waals surface area contributed by atoms with Crippen molar-refractivity contribution in [3.63, 3.8) is 0 Å². The smallest absolute Gasteiger partial charge is 0.203 e. The summed E-state index contributed by atoms with van der Waals surface area (Å²) in [7, 11) is 0. The van der Waals surface area contributed by atoms with E-state index in [1.54, 1.807) is 42.5 Å². The summed E-state index contributed by atoms with van der Waals surface area (Å²) in [6.07, 6.45) is -4.17. The second-order valence-corrected chi connectivity index (χ2v) is 5.69. The Balaban J connectivity index is 2.14. The van der Waals surface area contributed by atoms with Crippen LogP contribution in [0.4, 0.5) is 30.7 Å². The Labute approximate surface area is 149 Å². The maximum absolute atomic E-state index is 14.2. The normalized spacial score (nSPS) is 11.7.